The minimum Gasteiger partial charge on any atom is -0.337 e. The second-order valence-electron chi connectivity index (χ2n) is 5.12. The number of benzene rings is 1. The summed E-state index contributed by atoms with van der Waals surface area (Å²) in [6, 6.07) is 5.88. The van der Waals surface area contributed by atoms with Crippen molar-refractivity contribution < 1.29 is 0 Å². The van der Waals surface area contributed by atoms with Gasteiger partial charge in [-0.3, -0.25) is 0 Å². The largest absolute Gasteiger partial charge is 0.337 e. The zero-order chi connectivity index (χ0) is 15.1. The lowest BCUT2D eigenvalue weighted by molar-refractivity contribution is 0.885. The zero-order valence-corrected chi connectivity index (χ0v) is 13.2. The van der Waals surface area contributed by atoms with E-state index in [9.17, 15) is 0 Å². The highest BCUT2D eigenvalue weighted by Gasteiger charge is 2.14. The minimum atomic E-state index is 0.665. The molecule has 0 aliphatic rings. The van der Waals surface area contributed by atoms with Gasteiger partial charge in [0, 0.05) is 7.05 Å². The first kappa shape index (κ1) is 13.8. The molecule has 3 aromatic rings. The number of halogens is 1. The number of nitrogens with one attached hydrogen (secondary N) is 1. The van der Waals surface area contributed by atoms with Gasteiger partial charge in [-0.05, 0) is 38.5 Å². The summed E-state index contributed by atoms with van der Waals surface area (Å²) in [6.45, 7) is 5.80. The molecule has 2 aromatic heterocycles. The minimum absolute atomic E-state index is 0.665. The lowest BCUT2D eigenvalue weighted by Gasteiger charge is -2.10. The van der Waals surface area contributed by atoms with Crippen LogP contribution in [0.4, 0.5) is 11.5 Å². The summed E-state index contributed by atoms with van der Waals surface area (Å²) in [5.74, 6) is 2.28. The predicted molar refractivity (Wildman–Crippen MR) is 85.2 cm³/mol. The molecule has 0 saturated heterocycles. The second-order valence-corrected chi connectivity index (χ2v) is 5.53. The van der Waals surface area contributed by atoms with Crippen LogP contribution in [0.1, 0.15) is 17.2 Å². The normalized spacial score (nSPS) is 11.1. The first-order valence-corrected chi connectivity index (χ1v) is 7.04. The Kier molecular flexibility index (Phi) is 3.29. The summed E-state index contributed by atoms with van der Waals surface area (Å²) in [5, 5.41) is 3.96. The van der Waals surface area contributed by atoms with E-state index in [1.165, 1.54) is 0 Å². The molecule has 0 amide bonds. The van der Waals surface area contributed by atoms with Crippen LogP contribution in [0.5, 0.6) is 0 Å². The molecule has 0 saturated carbocycles. The van der Waals surface area contributed by atoms with Crippen molar-refractivity contribution in [3.05, 3.63) is 40.4 Å². The van der Waals surface area contributed by atoms with Gasteiger partial charge < -0.3 is 9.88 Å². The van der Waals surface area contributed by atoms with Gasteiger partial charge in [-0.25, -0.2) is 15.0 Å². The van der Waals surface area contributed by atoms with E-state index in [0.29, 0.717) is 22.3 Å². The Morgan fingerprint density at radius 2 is 1.86 bits per heavy atom. The number of imidazole rings is 1. The first-order chi connectivity index (χ1) is 9.95. The lowest BCUT2D eigenvalue weighted by Crippen LogP contribution is -2.02. The number of rotatable bonds is 2. The Hall–Kier alpha value is -2.14. The van der Waals surface area contributed by atoms with E-state index >= 15 is 0 Å². The van der Waals surface area contributed by atoms with E-state index in [1.807, 2.05) is 50.6 Å². The molecule has 1 N–H and O–H groups in total. The van der Waals surface area contributed by atoms with Crippen molar-refractivity contribution in [3.63, 3.8) is 0 Å². The highest BCUT2D eigenvalue weighted by molar-refractivity contribution is 6.33. The standard InChI is InChI=1S/C15H16ClN5/c1-8-5-6-12(11(16)7-8)20-15-13-14(17-9(2)18-15)19-10(3)21(13)4/h5-7H,1-4H3,(H,17,18,20). The molecule has 0 spiro atoms. The monoisotopic (exact) mass is 301 g/mol. The van der Waals surface area contributed by atoms with Crippen LogP contribution in [0.15, 0.2) is 18.2 Å². The maximum atomic E-state index is 6.29. The van der Waals surface area contributed by atoms with Crippen molar-refractivity contribution in [2.45, 2.75) is 20.8 Å². The van der Waals surface area contributed by atoms with Gasteiger partial charge in [-0.15, -0.1) is 0 Å². The molecule has 0 atom stereocenters. The van der Waals surface area contributed by atoms with Crippen molar-refractivity contribution in [1.29, 1.82) is 0 Å². The van der Waals surface area contributed by atoms with Gasteiger partial charge in [0.25, 0.3) is 0 Å². The van der Waals surface area contributed by atoms with Crippen molar-refractivity contribution >= 4 is 34.3 Å². The summed E-state index contributed by atoms with van der Waals surface area (Å²) in [5.41, 5.74) is 3.49. The number of anilines is 2. The summed E-state index contributed by atoms with van der Waals surface area (Å²) >= 11 is 6.29. The van der Waals surface area contributed by atoms with Crippen LogP contribution in [-0.2, 0) is 7.05 Å². The average molecular weight is 302 g/mol. The molecule has 2 heterocycles. The van der Waals surface area contributed by atoms with E-state index in [2.05, 4.69) is 20.3 Å². The number of aryl methyl sites for hydroxylation is 4. The molecule has 6 heteroatoms. The molecule has 0 bridgehead atoms. The topological polar surface area (TPSA) is 55.6 Å². The van der Waals surface area contributed by atoms with Crippen LogP contribution < -0.4 is 5.32 Å². The fourth-order valence-corrected chi connectivity index (χ4v) is 2.55. The summed E-state index contributed by atoms with van der Waals surface area (Å²) in [4.78, 5) is 13.3. The molecule has 0 aliphatic carbocycles. The summed E-state index contributed by atoms with van der Waals surface area (Å²) < 4.78 is 1.97. The molecule has 0 unspecified atom stereocenters. The van der Waals surface area contributed by atoms with Crippen LogP contribution in [0.2, 0.25) is 5.02 Å². The van der Waals surface area contributed by atoms with E-state index < -0.39 is 0 Å². The Bertz CT molecular complexity index is 838. The third-order valence-electron chi connectivity index (χ3n) is 3.44. The summed E-state index contributed by atoms with van der Waals surface area (Å²) in [7, 11) is 1.95. The second kappa shape index (κ2) is 5.00. The highest BCUT2D eigenvalue weighted by atomic mass is 35.5. The summed E-state index contributed by atoms with van der Waals surface area (Å²) in [6.07, 6.45) is 0. The van der Waals surface area contributed by atoms with E-state index in [0.717, 1.165) is 22.6 Å². The van der Waals surface area contributed by atoms with Gasteiger partial charge in [0.2, 0.25) is 0 Å². The molecule has 3 rings (SSSR count). The quantitative estimate of drug-likeness (QED) is 0.784. The number of hydrogen-bond acceptors (Lipinski definition) is 4. The lowest BCUT2D eigenvalue weighted by atomic mass is 10.2. The van der Waals surface area contributed by atoms with Crippen molar-refractivity contribution in [2.75, 3.05) is 5.32 Å². The molecule has 21 heavy (non-hydrogen) atoms. The van der Waals surface area contributed by atoms with Gasteiger partial charge in [0.05, 0.1) is 10.7 Å². The maximum absolute atomic E-state index is 6.29. The van der Waals surface area contributed by atoms with Gasteiger partial charge in [-0.1, -0.05) is 17.7 Å². The third kappa shape index (κ3) is 2.45. The van der Waals surface area contributed by atoms with E-state index in [-0.39, 0.29) is 0 Å². The van der Waals surface area contributed by atoms with Crippen LogP contribution in [-0.4, -0.2) is 19.5 Å². The number of nitrogens with zero attached hydrogens (tertiary/aromatic N) is 4. The van der Waals surface area contributed by atoms with Gasteiger partial charge in [0.15, 0.2) is 11.5 Å². The molecule has 5 nitrogen and oxygen atoms in total. The molecular weight excluding hydrogens is 286 g/mol. The molecule has 0 radical (unpaired) electrons. The van der Waals surface area contributed by atoms with Crippen molar-refractivity contribution in [1.82, 2.24) is 19.5 Å². The van der Waals surface area contributed by atoms with Gasteiger partial charge >= 0.3 is 0 Å². The highest BCUT2D eigenvalue weighted by Crippen LogP contribution is 2.29. The molecule has 0 aliphatic heterocycles. The smallest absolute Gasteiger partial charge is 0.183 e. The number of fused-ring (bicyclic) bond motifs is 1. The fourth-order valence-electron chi connectivity index (χ4n) is 2.26. The maximum Gasteiger partial charge on any atom is 0.183 e. The third-order valence-corrected chi connectivity index (χ3v) is 3.76. The number of hydrogen-bond donors (Lipinski definition) is 1. The molecule has 1 aromatic carbocycles. The van der Waals surface area contributed by atoms with Crippen LogP contribution in [0.25, 0.3) is 11.2 Å². The SMILES string of the molecule is Cc1ccc(Nc2nc(C)nc3nc(C)n(C)c23)c(Cl)c1. The van der Waals surface area contributed by atoms with Crippen LogP contribution in [0, 0.1) is 20.8 Å². The molecular formula is C15H16ClN5. The van der Waals surface area contributed by atoms with Gasteiger partial charge in [0.1, 0.15) is 17.2 Å². The van der Waals surface area contributed by atoms with Crippen LogP contribution in [0.3, 0.4) is 0 Å². The zero-order valence-electron chi connectivity index (χ0n) is 12.4. The predicted octanol–water partition coefficient (Wildman–Crippen LogP) is 3.69. The first-order valence-electron chi connectivity index (χ1n) is 6.66. The molecule has 108 valence electrons. The van der Waals surface area contributed by atoms with Crippen molar-refractivity contribution in [2.24, 2.45) is 7.05 Å². The number of aromatic nitrogens is 4. The van der Waals surface area contributed by atoms with Crippen LogP contribution >= 0.6 is 11.6 Å². The average Bonchev–Trinajstić information content (AvgIpc) is 2.68. The van der Waals surface area contributed by atoms with E-state index in [4.69, 9.17) is 11.6 Å². The molecule has 0 fully saturated rings. The van der Waals surface area contributed by atoms with Crippen molar-refractivity contribution in [3.8, 4) is 0 Å². The van der Waals surface area contributed by atoms with Gasteiger partial charge in [-0.2, -0.15) is 0 Å². The fraction of sp³-hybridized carbons (Fsp3) is 0.267. The Morgan fingerprint density at radius 3 is 2.57 bits per heavy atom. The van der Waals surface area contributed by atoms with E-state index in [1.54, 1.807) is 0 Å². The Morgan fingerprint density at radius 1 is 1.10 bits per heavy atom. The Labute approximate surface area is 128 Å². The Balaban J connectivity index is 2.15.